The molecule has 3 atom stereocenters. The number of aliphatic hydroxyl groups is 2. The molecule has 0 saturated carbocycles. The number of hydrogen-bond donors (Lipinski definition) is 3. The highest BCUT2D eigenvalue weighted by Crippen LogP contribution is 2.24. The number of aliphatic hydroxyl groups excluding tert-OH is 2. The van der Waals surface area contributed by atoms with E-state index in [0.29, 0.717) is 6.54 Å². The van der Waals surface area contributed by atoms with E-state index in [1.807, 2.05) is 73.7 Å². The Morgan fingerprint density at radius 2 is 1.54 bits per heavy atom. The quantitative estimate of drug-likeness (QED) is 0.612. The van der Waals surface area contributed by atoms with E-state index in [0.717, 1.165) is 28.2 Å². The number of furan rings is 1. The van der Waals surface area contributed by atoms with E-state index in [1.165, 1.54) is 0 Å². The lowest BCUT2D eigenvalue weighted by Crippen LogP contribution is -2.88. The number of benzene rings is 2. The molecule has 0 unspecified atom stereocenters. The van der Waals surface area contributed by atoms with Gasteiger partial charge in [-0.3, -0.25) is 0 Å². The molecule has 0 saturated heterocycles. The Bertz CT molecular complexity index is 809. The van der Waals surface area contributed by atoms with Crippen LogP contribution in [-0.2, 0) is 6.54 Å². The molecule has 4 heteroatoms. The Morgan fingerprint density at radius 1 is 0.846 bits per heavy atom. The van der Waals surface area contributed by atoms with Crippen LogP contribution in [0.2, 0.25) is 0 Å². The largest absolute Gasteiger partial charge is 0.455 e. The van der Waals surface area contributed by atoms with Gasteiger partial charge in [0.1, 0.15) is 24.5 Å². The first-order valence-electron chi connectivity index (χ1n) is 8.98. The van der Waals surface area contributed by atoms with E-state index in [-0.39, 0.29) is 6.04 Å². The first-order chi connectivity index (χ1) is 12.5. The highest BCUT2D eigenvalue weighted by molar-refractivity contribution is 5.58. The van der Waals surface area contributed by atoms with Crippen molar-refractivity contribution in [1.82, 2.24) is 0 Å². The fourth-order valence-corrected chi connectivity index (χ4v) is 2.95. The fourth-order valence-electron chi connectivity index (χ4n) is 2.95. The van der Waals surface area contributed by atoms with E-state index in [4.69, 9.17) is 4.42 Å². The summed E-state index contributed by atoms with van der Waals surface area (Å²) in [6.07, 6.45) is -0.984. The average Bonchev–Trinajstić information content (AvgIpc) is 3.15. The minimum atomic E-state index is -0.515. The number of quaternary nitrogens is 1. The summed E-state index contributed by atoms with van der Waals surface area (Å²) in [4.78, 5) is 0. The summed E-state index contributed by atoms with van der Waals surface area (Å²) in [5.41, 5.74) is 2.80. The molecule has 0 amide bonds. The van der Waals surface area contributed by atoms with Crippen molar-refractivity contribution in [3.63, 3.8) is 0 Å². The van der Waals surface area contributed by atoms with Gasteiger partial charge in [-0.15, -0.1) is 0 Å². The van der Waals surface area contributed by atoms with Gasteiger partial charge in [0.15, 0.2) is 5.76 Å². The van der Waals surface area contributed by atoms with Crippen LogP contribution >= 0.6 is 0 Å². The molecule has 26 heavy (non-hydrogen) atoms. The van der Waals surface area contributed by atoms with E-state index < -0.39 is 12.2 Å². The maximum absolute atomic E-state index is 10.4. The predicted molar refractivity (Wildman–Crippen MR) is 101 cm³/mol. The van der Waals surface area contributed by atoms with E-state index in [9.17, 15) is 10.2 Å². The van der Waals surface area contributed by atoms with Crippen LogP contribution in [0.1, 0.15) is 42.9 Å². The molecule has 0 spiro atoms. The van der Waals surface area contributed by atoms with Gasteiger partial charge in [0, 0.05) is 5.56 Å². The second kappa shape index (κ2) is 8.32. The molecule has 3 aromatic rings. The normalized spacial score (nSPS) is 14.8. The molecule has 4 N–H and O–H groups in total. The molecule has 0 bridgehead atoms. The molecular weight excluding hydrogens is 326 g/mol. The SMILES string of the molecule is C[C@H](O)c1ccc(-c2ccc(C[NH2+][C@H](C)[C@H](O)c3ccccc3)o2)cc1. The smallest absolute Gasteiger partial charge is 0.158 e. The van der Waals surface area contributed by atoms with Crippen LogP contribution in [0.25, 0.3) is 11.3 Å². The monoisotopic (exact) mass is 352 g/mol. The average molecular weight is 352 g/mol. The summed E-state index contributed by atoms with van der Waals surface area (Å²) in [6, 6.07) is 21.4. The van der Waals surface area contributed by atoms with E-state index in [1.54, 1.807) is 6.92 Å². The van der Waals surface area contributed by atoms with Crippen molar-refractivity contribution in [3.05, 3.63) is 83.6 Å². The fraction of sp³-hybridized carbons (Fsp3) is 0.273. The van der Waals surface area contributed by atoms with Gasteiger partial charge in [-0.25, -0.2) is 0 Å². The van der Waals surface area contributed by atoms with Gasteiger partial charge in [0.2, 0.25) is 0 Å². The van der Waals surface area contributed by atoms with Crippen molar-refractivity contribution in [2.24, 2.45) is 0 Å². The zero-order chi connectivity index (χ0) is 18.5. The maximum Gasteiger partial charge on any atom is 0.158 e. The van der Waals surface area contributed by atoms with Gasteiger partial charge in [-0.2, -0.15) is 0 Å². The molecule has 0 aliphatic rings. The molecule has 1 heterocycles. The maximum atomic E-state index is 10.4. The van der Waals surface area contributed by atoms with E-state index >= 15 is 0 Å². The highest BCUT2D eigenvalue weighted by Gasteiger charge is 2.19. The van der Waals surface area contributed by atoms with Crippen LogP contribution in [-0.4, -0.2) is 16.3 Å². The van der Waals surface area contributed by atoms with Crippen molar-refractivity contribution in [2.45, 2.75) is 38.6 Å². The van der Waals surface area contributed by atoms with Crippen LogP contribution in [0.3, 0.4) is 0 Å². The van der Waals surface area contributed by atoms with Gasteiger partial charge in [0.05, 0.1) is 6.10 Å². The summed E-state index contributed by atoms with van der Waals surface area (Å²) in [6.45, 7) is 4.42. The molecule has 2 aromatic carbocycles. The summed E-state index contributed by atoms with van der Waals surface area (Å²) in [5.74, 6) is 1.67. The molecule has 0 fully saturated rings. The van der Waals surface area contributed by atoms with Crippen molar-refractivity contribution >= 4 is 0 Å². The Morgan fingerprint density at radius 3 is 2.19 bits per heavy atom. The van der Waals surface area contributed by atoms with Crippen molar-refractivity contribution in [1.29, 1.82) is 0 Å². The standard InChI is InChI=1S/C22H25NO3/c1-15(22(25)19-6-4-3-5-7-19)23-14-20-12-13-21(26-20)18-10-8-17(9-11-18)16(2)24/h3-13,15-16,22-25H,14H2,1-2H3/p+1/t15-,16+,22+/m1/s1. The Balaban J connectivity index is 1.60. The summed E-state index contributed by atoms with van der Waals surface area (Å²) >= 11 is 0. The lowest BCUT2D eigenvalue weighted by Gasteiger charge is -2.17. The van der Waals surface area contributed by atoms with E-state index in [2.05, 4.69) is 5.32 Å². The second-order valence-corrected chi connectivity index (χ2v) is 6.72. The predicted octanol–water partition coefficient (Wildman–Crippen LogP) is 3.19. The Hall–Kier alpha value is -2.40. The second-order valence-electron chi connectivity index (χ2n) is 6.72. The van der Waals surface area contributed by atoms with Gasteiger partial charge < -0.3 is 19.9 Å². The van der Waals surface area contributed by atoms with Crippen LogP contribution in [0.4, 0.5) is 0 Å². The van der Waals surface area contributed by atoms with Crippen molar-refractivity contribution in [3.8, 4) is 11.3 Å². The molecule has 136 valence electrons. The van der Waals surface area contributed by atoms with Gasteiger partial charge in [0.25, 0.3) is 0 Å². The lowest BCUT2D eigenvalue weighted by molar-refractivity contribution is -0.710. The minimum Gasteiger partial charge on any atom is -0.455 e. The van der Waals surface area contributed by atoms with Gasteiger partial charge >= 0.3 is 0 Å². The summed E-state index contributed by atoms with van der Waals surface area (Å²) in [5, 5.41) is 22.1. The lowest BCUT2D eigenvalue weighted by atomic mass is 10.0. The van der Waals surface area contributed by atoms with Crippen LogP contribution < -0.4 is 5.32 Å². The Kier molecular flexibility index (Phi) is 5.89. The third kappa shape index (κ3) is 4.41. The van der Waals surface area contributed by atoms with Gasteiger partial charge in [-0.05, 0) is 37.1 Å². The van der Waals surface area contributed by atoms with Crippen LogP contribution in [0, 0.1) is 0 Å². The van der Waals surface area contributed by atoms with Crippen molar-refractivity contribution < 1.29 is 19.9 Å². The number of nitrogens with two attached hydrogens (primary N) is 1. The molecule has 4 nitrogen and oxygen atoms in total. The third-order valence-corrected chi connectivity index (χ3v) is 4.67. The number of rotatable bonds is 7. The molecule has 1 aromatic heterocycles. The third-order valence-electron chi connectivity index (χ3n) is 4.67. The highest BCUT2D eigenvalue weighted by atomic mass is 16.3. The summed E-state index contributed by atoms with van der Waals surface area (Å²) < 4.78 is 5.93. The first-order valence-corrected chi connectivity index (χ1v) is 8.98. The van der Waals surface area contributed by atoms with Crippen LogP contribution in [0.5, 0.6) is 0 Å². The molecule has 0 radical (unpaired) electrons. The summed E-state index contributed by atoms with van der Waals surface area (Å²) in [7, 11) is 0. The molecule has 0 aliphatic carbocycles. The van der Waals surface area contributed by atoms with Gasteiger partial charge in [-0.1, -0.05) is 54.6 Å². The zero-order valence-electron chi connectivity index (χ0n) is 15.2. The molecule has 3 rings (SSSR count). The Labute approximate surface area is 154 Å². The topological polar surface area (TPSA) is 70.2 Å². The number of hydrogen-bond acceptors (Lipinski definition) is 3. The molecular formula is C22H26NO3+. The zero-order valence-corrected chi connectivity index (χ0v) is 15.2. The van der Waals surface area contributed by atoms with Crippen LogP contribution in [0.15, 0.2) is 71.1 Å². The molecule has 0 aliphatic heterocycles. The first kappa shape index (κ1) is 18.4. The minimum absolute atomic E-state index is 0.0243. The van der Waals surface area contributed by atoms with Crippen molar-refractivity contribution in [2.75, 3.05) is 0 Å².